The monoisotopic (exact) mass is 408 g/mol. The van der Waals surface area contributed by atoms with Gasteiger partial charge in [-0.25, -0.2) is 0 Å². The maximum Gasteiger partial charge on any atom is 0.357 e. The van der Waals surface area contributed by atoms with E-state index in [1.54, 1.807) is 0 Å². The highest BCUT2D eigenvalue weighted by Gasteiger charge is 2.59. The van der Waals surface area contributed by atoms with Crippen LogP contribution in [0, 0.1) is 11.8 Å². The van der Waals surface area contributed by atoms with Gasteiger partial charge in [-0.2, -0.15) is 0 Å². The molecular formula is C13H31ClN2O6P2. The zero-order valence-corrected chi connectivity index (χ0v) is 17.1. The van der Waals surface area contributed by atoms with Gasteiger partial charge in [0.15, 0.2) is 0 Å². The Hall–Kier alpha value is 0.510. The molecule has 6 N–H and O–H groups in total. The van der Waals surface area contributed by atoms with E-state index < -0.39 is 20.2 Å². The lowest BCUT2D eigenvalue weighted by Crippen LogP contribution is -3.00. The van der Waals surface area contributed by atoms with Crippen molar-refractivity contribution in [3.05, 3.63) is 0 Å². The number of rotatable bonds is 7. The predicted molar refractivity (Wildman–Crippen MR) is 88.6 cm³/mol. The van der Waals surface area contributed by atoms with Crippen LogP contribution in [0.2, 0.25) is 0 Å². The summed E-state index contributed by atoms with van der Waals surface area (Å²) in [5.41, 5.74) is 5.61. The van der Waals surface area contributed by atoms with Crippen LogP contribution in [0.25, 0.3) is 0 Å². The fraction of sp³-hybridized carbons (Fsp3) is 1.00. The Kier molecular flexibility index (Phi) is 8.65. The summed E-state index contributed by atoms with van der Waals surface area (Å²) < 4.78 is 24.2. The number of quaternary nitrogens is 1. The summed E-state index contributed by atoms with van der Waals surface area (Å²) >= 11 is 0. The minimum Gasteiger partial charge on any atom is -1.00 e. The first kappa shape index (κ1) is 24.5. The maximum absolute atomic E-state index is 11.7. The van der Waals surface area contributed by atoms with E-state index in [9.17, 15) is 28.7 Å². The van der Waals surface area contributed by atoms with Gasteiger partial charge < -0.3 is 42.2 Å². The molecule has 0 aromatic carbocycles. The lowest BCUT2D eigenvalue weighted by Gasteiger charge is -2.48. The Bertz CT molecular complexity index is 483. The standard InChI is InChI=1S/C13H30N2O6P2.ClH/c1-4-11-7-12(10-15(5-2,6-3)9-11)8-13(14,22(16,17)18)23(19,20)21;/h11-12H,4-10,14H2,1-3H3,(H3-,16,17,18,19,20,21);1H. The van der Waals surface area contributed by atoms with Crippen molar-refractivity contribution in [2.24, 2.45) is 17.6 Å². The third kappa shape index (κ3) is 5.03. The van der Waals surface area contributed by atoms with Crippen molar-refractivity contribution in [1.29, 1.82) is 0 Å². The van der Waals surface area contributed by atoms with E-state index in [0.29, 0.717) is 18.9 Å². The number of nitrogens with two attached hydrogens (primary N) is 1. The highest BCUT2D eigenvalue weighted by molar-refractivity contribution is 7.72. The molecule has 1 aliphatic heterocycles. The number of likely N-dealkylation sites (tertiary alicyclic amines) is 1. The normalized spacial score (nSPS) is 25.2. The lowest BCUT2D eigenvalue weighted by atomic mass is 9.84. The molecule has 1 heterocycles. The number of piperidine rings is 1. The molecular weight excluding hydrogens is 378 g/mol. The Morgan fingerprint density at radius 1 is 1.00 bits per heavy atom. The van der Waals surface area contributed by atoms with E-state index in [1.807, 2.05) is 0 Å². The molecule has 0 aromatic heterocycles. The average Bonchev–Trinajstić information content (AvgIpc) is 2.44. The smallest absolute Gasteiger partial charge is 0.357 e. The molecule has 0 radical (unpaired) electrons. The Labute approximate surface area is 150 Å². The van der Waals surface area contributed by atoms with Gasteiger partial charge in [-0.15, -0.1) is 0 Å². The molecule has 1 fully saturated rings. The highest BCUT2D eigenvalue weighted by atomic mass is 35.5. The van der Waals surface area contributed by atoms with E-state index >= 15 is 0 Å². The molecule has 146 valence electrons. The molecule has 0 aromatic rings. The van der Waals surface area contributed by atoms with Crippen LogP contribution in [0.4, 0.5) is 0 Å². The molecule has 2 unspecified atom stereocenters. The fourth-order valence-corrected chi connectivity index (χ4v) is 6.16. The summed E-state index contributed by atoms with van der Waals surface area (Å²) in [6, 6.07) is 0. The first-order valence-corrected chi connectivity index (χ1v) is 11.3. The summed E-state index contributed by atoms with van der Waals surface area (Å²) in [4.78, 5) is 37.8. The van der Waals surface area contributed by atoms with Gasteiger partial charge in [-0.3, -0.25) is 9.13 Å². The van der Waals surface area contributed by atoms with Gasteiger partial charge in [0.2, 0.25) is 5.02 Å². The van der Waals surface area contributed by atoms with Crippen LogP contribution in [0.15, 0.2) is 0 Å². The van der Waals surface area contributed by atoms with Crippen LogP contribution in [-0.2, 0) is 9.13 Å². The minimum absolute atomic E-state index is 0. The topological polar surface area (TPSA) is 141 Å². The van der Waals surface area contributed by atoms with Crippen LogP contribution >= 0.6 is 15.2 Å². The van der Waals surface area contributed by atoms with Crippen molar-refractivity contribution in [2.75, 3.05) is 26.2 Å². The average molecular weight is 409 g/mol. The number of hydrogen-bond donors (Lipinski definition) is 5. The van der Waals surface area contributed by atoms with Crippen molar-refractivity contribution in [1.82, 2.24) is 0 Å². The predicted octanol–water partition coefficient (Wildman–Crippen LogP) is -1.75. The van der Waals surface area contributed by atoms with Gasteiger partial charge in [0.25, 0.3) is 0 Å². The van der Waals surface area contributed by atoms with Crippen molar-refractivity contribution < 1.29 is 45.6 Å². The molecule has 1 rings (SSSR count). The van der Waals surface area contributed by atoms with Gasteiger partial charge in [-0.1, -0.05) is 6.92 Å². The van der Waals surface area contributed by atoms with Crippen molar-refractivity contribution in [2.45, 2.75) is 45.1 Å². The summed E-state index contributed by atoms with van der Waals surface area (Å²) in [5.74, 6) is 0.144. The quantitative estimate of drug-likeness (QED) is 0.248. The van der Waals surface area contributed by atoms with Crippen molar-refractivity contribution in [3.63, 3.8) is 0 Å². The number of nitrogens with zero attached hydrogens (tertiary/aromatic N) is 1. The molecule has 0 saturated carbocycles. The molecule has 0 aliphatic carbocycles. The number of hydrogen-bond acceptors (Lipinski definition) is 3. The van der Waals surface area contributed by atoms with Crippen molar-refractivity contribution in [3.8, 4) is 0 Å². The minimum atomic E-state index is -5.16. The Morgan fingerprint density at radius 2 is 1.42 bits per heavy atom. The first-order valence-electron chi connectivity index (χ1n) is 8.09. The van der Waals surface area contributed by atoms with Gasteiger partial charge >= 0.3 is 15.2 Å². The SMILES string of the molecule is CCC1CC(CC(N)(P(=O)(O)O)P(=O)(O)O)C[N+](CC)(CC)C1.[Cl-]. The third-order valence-corrected chi connectivity index (χ3v) is 9.42. The van der Waals surface area contributed by atoms with Gasteiger partial charge in [-0.05, 0) is 33.1 Å². The summed E-state index contributed by atoms with van der Waals surface area (Å²) in [5, 5.41) is -2.79. The molecule has 2 atom stereocenters. The third-order valence-electron chi connectivity index (χ3n) is 5.47. The largest absolute Gasteiger partial charge is 1.00 e. The molecule has 8 nitrogen and oxygen atoms in total. The Morgan fingerprint density at radius 3 is 1.75 bits per heavy atom. The maximum atomic E-state index is 11.7. The van der Waals surface area contributed by atoms with E-state index in [1.165, 1.54) is 0 Å². The second-order valence-electron chi connectivity index (χ2n) is 6.89. The van der Waals surface area contributed by atoms with Crippen LogP contribution in [-0.4, -0.2) is 55.3 Å². The van der Waals surface area contributed by atoms with Gasteiger partial charge in [0.05, 0.1) is 26.2 Å². The van der Waals surface area contributed by atoms with Crippen LogP contribution < -0.4 is 18.1 Å². The zero-order valence-electron chi connectivity index (χ0n) is 14.5. The lowest BCUT2D eigenvalue weighted by molar-refractivity contribution is -0.936. The summed E-state index contributed by atoms with van der Waals surface area (Å²) in [6.45, 7) is 9.60. The molecule has 1 saturated heterocycles. The summed E-state index contributed by atoms with van der Waals surface area (Å²) in [6.07, 6.45) is 1.26. The molecule has 0 spiro atoms. The molecule has 24 heavy (non-hydrogen) atoms. The fourth-order valence-electron chi connectivity index (χ4n) is 3.81. The number of halogens is 1. The Balaban J connectivity index is 0.00000529. The summed E-state index contributed by atoms with van der Waals surface area (Å²) in [7, 11) is -10.3. The highest BCUT2D eigenvalue weighted by Crippen LogP contribution is 2.68. The van der Waals surface area contributed by atoms with E-state index in [0.717, 1.165) is 30.5 Å². The van der Waals surface area contributed by atoms with Gasteiger partial charge in [0, 0.05) is 11.8 Å². The molecule has 1 aliphatic rings. The molecule has 0 bridgehead atoms. The van der Waals surface area contributed by atoms with Gasteiger partial charge in [0.1, 0.15) is 0 Å². The van der Waals surface area contributed by atoms with Crippen LogP contribution in [0.5, 0.6) is 0 Å². The molecule has 11 heteroatoms. The zero-order chi connectivity index (χ0) is 18.1. The van der Waals surface area contributed by atoms with E-state index in [-0.39, 0.29) is 24.7 Å². The first-order chi connectivity index (χ1) is 10.3. The molecule has 0 amide bonds. The second kappa shape index (κ2) is 8.47. The van der Waals surface area contributed by atoms with Crippen LogP contribution in [0.3, 0.4) is 0 Å². The van der Waals surface area contributed by atoms with Crippen LogP contribution in [0.1, 0.15) is 40.0 Å². The second-order valence-corrected chi connectivity index (χ2v) is 11.0. The van der Waals surface area contributed by atoms with Crippen molar-refractivity contribution >= 4 is 15.2 Å². The van der Waals surface area contributed by atoms with E-state index in [2.05, 4.69) is 20.8 Å². The van der Waals surface area contributed by atoms with E-state index in [4.69, 9.17) is 5.73 Å².